The van der Waals surface area contributed by atoms with Crippen LogP contribution >= 0.6 is 0 Å². The van der Waals surface area contributed by atoms with E-state index in [0.717, 1.165) is 49.7 Å². The van der Waals surface area contributed by atoms with Gasteiger partial charge in [0.05, 0.1) is 6.61 Å². The summed E-state index contributed by atoms with van der Waals surface area (Å²) in [5.41, 5.74) is 2.85. The van der Waals surface area contributed by atoms with E-state index < -0.39 is 0 Å². The first-order valence-corrected chi connectivity index (χ1v) is 12.2. The molecule has 0 bridgehead atoms. The molecule has 29 heavy (non-hydrogen) atoms. The molecule has 1 aromatic carbocycles. The van der Waals surface area contributed by atoms with Crippen LogP contribution in [0.4, 0.5) is 0 Å². The van der Waals surface area contributed by atoms with Gasteiger partial charge >= 0.3 is 0 Å². The molecular weight excluding hydrogens is 352 g/mol. The molecular formula is C28H42O. The zero-order chi connectivity index (χ0) is 20.3. The van der Waals surface area contributed by atoms with Crippen molar-refractivity contribution in [1.82, 2.24) is 0 Å². The van der Waals surface area contributed by atoms with Crippen LogP contribution in [0.25, 0.3) is 0 Å². The van der Waals surface area contributed by atoms with Crippen molar-refractivity contribution in [1.29, 1.82) is 0 Å². The van der Waals surface area contributed by atoms with E-state index in [0.29, 0.717) is 0 Å². The summed E-state index contributed by atoms with van der Waals surface area (Å²) < 4.78 is 5.77. The summed E-state index contributed by atoms with van der Waals surface area (Å²) in [6.07, 6.45) is 21.5. The number of allylic oxidation sites excluding steroid dienone is 3. The minimum atomic E-state index is 0.737. The second-order valence-electron chi connectivity index (χ2n) is 9.42. The smallest absolute Gasteiger partial charge is 0.0716 e. The number of ether oxygens (including phenoxy) is 1. The lowest BCUT2D eigenvalue weighted by molar-refractivity contribution is 0.119. The van der Waals surface area contributed by atoms with Gasteiger partial charge in [-0.05, 0) is 112 Å². The molecule has 2 aliphatic carbocycles. The van der Waals surface area contributed by atoms with Gasteiger partial charge in [0, 0.05) is 6.61 Å². The van der Waals surface area contributed by atoms with E-state index >= 15 is 0 Å². The Morgan fingerprint density at radius 1 is 0.931 bits per heavy atom. The predicted octanol–water partition coefficient (Wildman–Crippen LogP) is 8.22. The fourth-order valence-corrected chi connectivity index (χ4v) is 5.55. The van der Waals surface area contributed by atoms with Crippen molar-refractivity contribution in [2.75, 3.05) is 6.61 Å². The van der Waals surface area contributed by atoms with E-state index in [2.05, 4.69) is 49.9 Å². The molecule has 0 unspecified atom stereocenters. The maximum Gasteiger partial charge on any atom is 0.0716 e. The average molecular weight is 395 g/mol. The fourth-order valence-electron chi connectivity index (χ4n) is 5.55. The largest absolute Gasteiger partial charge is 0.377 e. The Morgan fingerprint density at radius 3 is 2.21 bits per heavy atom. The van der Waals surface area contributed by atoms with Gasteiger partial charge in [-0.25, -0.2) is 0 Å². The highest BCUT2D eigenvalue weighted by atomic mass is 16.5. The van der Waals surface area contributed by atoms with Crippen LogP contribution in [-0.4, -0.2) is 6.61 Å². The van der Waals surface area contributed by atoms with Crippen LogP contribution in [0, 0.1) is 17.8 Å². The van der Waals surface area contributed by atoms with Gasteiger partial charge in [0.2, 0.25) is 0 Å². The molecule has 0 N–H and O–H groups in total. The van der Waals surface area contributed by atoms with Crippen molar-refractivity contribution in [3.63, 3.8) is 0 Å². The van der Waals surface area contributed by atoms with Gasteiger partial charge in [-0.1, -0.05) is 42.5 Å². The summed E-state index contributed by atoms with van der Waals surface area (Å²) in [6, 6.07) is 9.28. The summed E-state index contributed by atoms with van der Waals surface area (Å²) in [4.78, 5) is 0. The van der Waals surface area contributed by atoms with Crippen molar-refractivity contribution in [2.45, 2.75) is 90.1 Å². The summed E-state index contributed by atoms with van der Waals surface area (Å²) in [6.45, 7) is 7.47. The zero-order valence-electron chi connectivity index (χ0n) is 18.7. The molecule has 0 heterocycles. The third kappa shape index (κ3) is 7.14. The van der Waals surface area contributed by atoms with Crippen molar-refractivity contribution in [2.24, 2.45) is 17.8 Å². The molecule has 3 rings (SSSR count). The Kier molecular flexibility index (Phi) is 9.54. The predicted molar refractivity (Wildman–Crippen MR) is 125 cm³/mol. The van der Waals surface area contributed by atoms with Crippen LogP contribution in [0.3, 0.4) is 0 Å². The van der Waals surface area contributed by atoms with Crippen LogP contribution in [0.2, 0.25) is 0 Å². The van der Waals surface area contributed by atoms with Gasteiger partial charge in [-0.3, -0.25) is 0 Å². The molecule has 0 radical (unpaired) electrons. The molecule has 0 spiro atoms. The van der Waals surface area contributed by atoms with Gasteiger partial charge in [0.1, 0.15) is 0 Å². The molecule has 0 atom stereocenters. The first-order chi connectivity index (χ1) is 14.3. The highest BCUT2D eigenvalue weighted by molar-refractivity contribution is 5.25. The second kappa shape index (κ2) is 12.4. The molecule has 1 aromatic rings. The molecule has 0 amide bonds. The lowest BCUT2D eigenvalue weighted by atomic mass is 9.68. The van der Waals surface area contributed by atoms with Crippen LogP contribution < -0.4 is 0 Å². The van der Waals surface area contributed by atoms with E-state index in [1.807, 2.05) is 6.08 Å². The molecule has 1 nitrogen and oxygen atoms in total. The fraction of sp³-hybridized carbons (Fsp3) is 0.643. The first-order valence-electron chi connectivity index (χ1n) is 12.2. The maximum absolute atomic E-state index is 5.77. The lowest BCUT2D eigenvalue weighted by Crippen LogP contribution is -2.25. The lowest BCUT2D eigenvalue weighted by Gasteiger charge is -2.38. The van der Waals surface area contributed by atoms with E-state index in [-0.39, 0.29) is 0 Å². The molecule has 0 aliphatic heterocycles. The van der Waals surface area contributed by atoms with Gasteiger partial charge < -0.3 is 4.74 Å². The van der Waals surface area contributed by atoms with Crippen molar-refractivity contribution >= 4 is 0 Å². The zero-order valence-corrected chi connectivity index (χ0v) is 18.7. The van der Waals surface area contributed by atoms with Crippen molar-refractivity contribution in [3.05, 3.63) is 60.2 Å². The van der Waals surface area contributed by atoms with Crippen LogP contribution in [0.5, 0.6) is 0 Å². The number of unbranched alkanes of at least 4 members (excludes halogenated alkanes) is 1. The SMILES string of the molecule is C=CCCCOCc1ccc(C2CCC(C3CCC(CC=CC)CC3)CC2)cc1. The summed E-state index contributed by atoms with van der Waals surface area (Å²) >= 11 is 0. The highest BCUT2D eigenvalue weighted by Crippen LogP contribution is 2.44. The Bertz CT molecular complexity index is 598. The standard InChI is InChI=1S/C28H42O/c1-3-5-7-21-29-22-24-11-15-26(16-12-24)28-19-17-27(18-20-28)25-13-9-23(10-14-25)8-6-4-2/h3-4,6,11-12,15-16,23,25,27-28H,1,5,7-10,13-14,17-22H2,2H3. The number of benzene rings is 1. The van der Waals surface area contributed by atoms with E-state index in [4.69, 9.17) is 4.74 Å². The molecule has 160 valence electrons. The van der Waals surface area contributed by atoms with E-state index in [1.165, 1.54) is 63.4 Å². The maximum atomic E-state index is 5.77. The first kappa shape index (κ1) is 22.3. The Balaban J connectivity index is 1.37. The topological polar surface area (TPSA) is 9.23 Å². The van der Waals surface area contributed by atoms with Gasteiger partial charge in [0.15, 0.2) is 0 Å². The molecule has 2 fully saturated rings. The summed E-state index contributed by atoms with van der Waals surface area (Å²) in [5, 5.41) is 0. The van der Waals surface area contributed by atoms with Crippen LogP contribution in [0.15, 0.2) is 49.1 Å². The molecule has 2 saturated carbocycles. The number of rotatable bonds is 10. The average Bonchev–Trinajstić information content (AvgIpc) is 2.78. The molecule has 1 heteroatoms. The Labute approximate surface area is 179 Å². The molecule has 0 aromatic heterocycles. The molecule has 0 saturated heterocycles. The number of hydrogen-bond donors (Lipinski definition) is 0. The van der Waals surface area contributed by atoms with Crippen LogP contribution in [0.1, 0.15) is 94.6 Å². The van der Waals surface area contributed by atoms with Crippen LogP contribution in [-0.2, 0) is 11.3 Å². The normalized spacial score (nSPS) is 27.9. The van der Waals surface area contributed by atoms with Crippen molar-refractivity contribution < 1.29 is 4.74 Å². The monoisotopic (exact) mass is 394 g/mol. The van der Waals surface area contributed by atoms with Gasteiger partial charge in [-0.15, -0.1) is 6.58 Å². The minimum Gasteiger partial charge on any atom is -0.377 e. The van der Waals surface area contributed by atoms with Crippen molar-refractivity contribution in [3.8, 4) is 0 Å². The summed E-state index contributed by atoms with van der Waals surface area (Å²) in [5.74, 6) is 3.75. The van der Waals surface area contributed by atoms with Gasteiger partial charge in [0.25, 0.3) is 0 Å². The van der Waals surface area contributed by atoms with E-state index in [1.54, 1.807) is 5.56 Å². The Hall–Kier alpha value is -1.34. The third-order valence-electron chi connectivity index (χ3n) is 7.45. The van der Waals surface area contributed by atoms with Gasteiger partial charge in [-0.2, -0.15) is 0 Å². The van der Waals surface area contributed by atoms with E-state index in [9.17, 15) is 0 Å². The second-order valence-corrected chi connectivity index (χ2v) is 9.42. The summed E-state index contributed by atoms with van der Waals surface area (Å²) in [7, 11) is 0. The number of hydrogen-bond acceptors (Lipinski definition) is 1. The quantitative estimate of drug-likeness (QED) is 0.287. The Morgan fingerprint density at radius 2 is 1.59 bits per heavy atom. The highest BCUT2D eigenvalue weighted by Gasteiger charge is 2.30. The third-order valence-corrected chi connectivity index (χ3v) is 7.45. The minimum absolute atomic E-state index is 0.737. The molecule has 2 aliphatic rings.